The topological polar surface area (TPSA) is 78.9 Å². The molecule has 0 aromatic carbocycles. The van der Waals surface area contributed by atoms with Gasteiger partial charge in [-0.3, -0.25) is 14.4 Å². The third kappa shape index (κ3) is 50.9. The maximum absolute atomic E-state index is 12.8. The second-order valence-corrected chi connectivity index (χ2v) is 17.3. The summed E-state index contributed by atoms with van der Waals surface area (Å²) in [7, 11) is 0. The van der Waals surface area contributed by atoms with Crippen molar-refractivity contribution in [2.45, 2.75) is 232 Å². The fraction of sp³-hybridized carbons (Fsp3) is 0.644. The lowest BCUT2D eigenvalue weighted by atomic mass is 10.0. The van der Waals surface area contributed by atoms with E-state index >= 15 is 0 Å². The van der Waals surface area contributed by atoms with Crippen molar-refractivity contribution in [3.63, 3.8) is 0 Å². The molecule has 65 heavy (non-hydrogen) atoms. The van der Waals surface area contributed by atoms with Crippen LogP contribution in [0, 0.1) is 0 Å². The van der Waals surface area contributed by atoms with Crippen LogP contribution in [-0.4, -0.2) is 37.2 Å². The van der Waals surface area contributed by atoms with Gasteiger partial charge in [-0.1, -0.05) is 259 Å². The first-order valence-electron chi connectivity index (χ1n) is 26.5. The average Bonchev–Trinajstić information content (AvgIpc) is 3.30. The molecule has 1 atom stereocenters. The molecule has 0 rings (SSSR count). The van der Waals surface area contributed by atoms with Crippen molar-refractivity contribution < 1.29 is 28.6 Å². The fourth-order valence-corrected chi connectivity index (χ4v) is 7.01. The number of carbonyl (C=O) groups is 3. The first-order valence-corrected chi connectivity index (χ1v) is 26.5. The summed E-state index contributed by atoms with van der Waals surface area (Å²) in [6.07, 6.45) is 70.6. The molecule has 0 radical (unpaired) electrons. The number of unbranched alkanes of at least 4 members (excludes halogenated alkanes) is 24. The lowest BCUT2D eigenvalue weighted by Crippen LogP contribution is -2.30. The first-order chi connectivity index (χ1) is 32.0. The largest absolute Gasteiger partial charge is 0.462 e. The van der Waals surface area contributed by atoms with Crippen LogP contribution in [0.2, 0.25) is 0 Å². The molecule has 0 bridgehead atoms. The maximum atomic E-state index is 12.8. The summed E-state index contributed by atoms with van der Waals surface area (Å²) in [5.74, 6) is -0.948. The van der Waals surface area contributed by atoms with Gasteiger partial charge in [0.15, 0.2) is 6.10 Å². The highest BCUT2D eigenvalue weighted by molar-refractivity contribution is 5.71. The van der Waals surface area contributed by atoms with Gasteiger partial charge in [0, 0.05) is 19.3 Å². The van der Waals surface area contributed by atoms with Crippen LogP contribution >= 0.6 is 0 Å². The Balaban J connectivity index is 4.49. The molecule has 0 spiro atoms. The summed E-state index contributed by atoms with van der Waals surface area (Å²) >= 11 is 0. The molecule has 0 saturated carbocycles. The van der Waals surface area contributed by atoms with Gasteiger partial charge >= 0.3 is 17.9 Å². The molecule has 0 fully saturated rings. The smallest absolute Gasteiger partial charge is 0.306 e. The number of hydrogen-bond donors (Lipinski definition) is 0. The molecular weight excluding hydrogens is 805 g/mol. The van der Waals surface area contributed by atoms with Crippen LogP contribution in [-0.2, 0) is 28.6 Å². The molecule has 0 saturated heterocycles. The Morgan fingerprint density at radius 2 is 0.631 bits per heavy atom. The first kappa shape index (κ1) is 61.1. The van der Waals surface area contributed by atoms with E-state index in [-0.39, 0.29) is 31.1 Å². The summed E-state index contributed by atoms with van der Waals surface area (Å²) in [4.78, 5) is 38.0. The SMILES string of the molecule is CC\C=C/C=C\C=C/C=C\CCCCCCCC(=O)OC(COC(=O)CCCCCCC\C=C/C=C\C=C/C=C\C=C/CCC)COC(=O)CCCCCCCCCCCCCCCC. The van der Waals surface area contributed by atoms with Gasteiger partial charge in [-0.2, -0.15) is 0 Å². The third-order valence-corrected chi connectivity index (χ3v) is 11.0. The van der Waals surface area contributed by atoms with Crippen molar-refractivity contribution in [3.05, 3.63) is 109 Å². The van der Waals surface area contributed by atoms with E-state index in [0.29, 0.717) is 19.3 Å². The quantitative estimate of drug-likeness (QED) is 0.0262. The Bertz CT molecular complexity index is 1360. The second-order valence-electron chi connectivity index (χ2n) is 17.3. The maximum Gasteiger partial charge on any atom is 0.306 e. The van der Waals surface area contributed by atoms with Gasteiger partial charge in [0.25, 0.3) is 0 Å². The minimum atomic E-state index is -0.802. The Labute approximate surface area is 400 Å². The Morgan fingerprint density at radius 1 is 0.323 bits per heavy atom. The van der Waals surface area contributed by atoms with Crippen molar-refractivity contribution in [2.75, 3.05) is 13.2 Å². The molecule has 0 N–H and O–H groups in total. The Kier molecular flexibility index (Phi) is 49.5. The lowest BCUT2D eigenvalue weighted by Gasteiger charge is -2.18. The molecule has 0 amide bonds. The van der Waals surface area contributed by atoms with Crippen molar-refractivity contribution in [1.29, 1.82) is 0 Å². The third-order valence-electron chi connectivity index (χ3n) is 11.0. The molecule has 0 aliphatic rings. The molecule has 0 aromatic rings. The zero-order valence-corrected chi connectivity index (χ0v) is 42.0. The molecule has 6 heteroatoms. The average molecular weight is 901 g/mol. The Hall–Kier alpha value is -3.93. The minimum absolute atomic E-state index is 0.0966. The number of rotatable bonds is 46. The molecule has 0 aliphatic heterocycles. The van der Waals surface area contributed by atoms with Crippen LogP contribution in [0.1, 0.15) is 226 Å². The number of esters is 3. The number of carbonyl (C=O) groups excluding carboxylic acids is 3. The summed E-state index contributed by atoms with van der Waals surface area (Å²) in [6.45, 7) is 6.37. The van der Waals surface area contributed by atoms with Gasteiger partial charge in [0.05, 0.1) is 0 Å². The van der Waals surface area contributed by atoms with Crippen LogP contribution < -0.4 is 0 Å². The zero-order valence-electron chi connectivity index (χ0n) is 42.0. The normalized spacial score (nSPS) is 13.0. The second kappa shape index (κ2) is 52.7. The van der Waals surface area contributed by atoms with Crippen molar-refractivity contribution in [1.82, 2.24) is 0 Å². The molecule has 0 aromatic heterocycles. The van der Waals surface area contributed by atoms with Crippen LogP contribution in [0.15, 0.2) is 109 Å². The van der Waals surface area contributed by atoms with Gasteiger partial charge in [-0.05, 0) is 57.8 Å². The van der Waals surface area contributed by atoms with E-state index < -0.39 is 6.10 Å². The molecular formula is C59H96O6. The van der Waals surface area contributed by atoms with Gasteiger partial charge in [-0.15, -0.1) is 0 Å². The van der Waals surface area contributed by atoms with Crippen LogP contribution in [0.25, 0.3) is 0 Å². The monoisotopic (exact) mass is 901 g/mol. The molecule has 1 unspecified atom stereocenters. The van der Waals surface area contributed by atoms with E-state index in [1.807, 2.05) is 42.5 Å². The van der Waals surface area contributed by atoms with Crippen LogP contribution in [0.3, 0.4) is 0 Å². The van der Waals surface area contributed by atoms with E-state index in [1.165, 1.54) is 77.0 Å². The van der Waals surface area contributed by atoms with E-state index in [1.54, 1.807) is 0 Å². The van der Waals surface area contributed by atoms with Gasteiger partial charge in [0.1, 0.15) is 13.2 Å². The van der Waals surface area contributed by atoms with E-state index in [0.717, 1.165) is 109 Å². The van der Waals surface area contributed by atoms with E-state index in [9.17, 15) is 14.4 Å². The number of hydrogen-bond acceptors (Lipinski definition) is 6. The minimum Gasteiger partial charge on any atom is -0.462 e. The Morgan fingerprint density at radius 3 is 1.00 bits per heavy atom. The van der Waals surface area contributed by atoms with Crippen LogP contribution in [0.4, 0.5) is 0 Å². The van der Waals surface area contributed by atoms with Crippen molar-refractivity contribution in [3.8, 4) is 0 Å². The number of ether oxygens (including phenoxy) is 3. The highest BCUT2D eigenvalue weighted by Crippen LogP contribution is 2.15. The summed E-state index contributed by atoms with van der Waals surface area (Å²) in [5, 5.41) is 0. The van der Waals surface area contributed by atoms with Gasteiger partial charge in [-0.25, -0.2) is 0 Å². The van der Waals surface area contributed by atoms with Gasteiger partial charge in [0.2, 0.25) is 0 Å². The molecule has 0 aliphatic carbocycles. The summed E-state index contributed by atoms with van der Waals surface area (Å²) in [6, 6.07) is 0. The lowest BCUT2D eigenvalue weighted by molar-refractivity contribution is -0.167. The van der Waals surface area contributed by atoms with Crippen molar-refractivity contribution in [2.24, 2.45) is 0 Å². The predicted molar refractivity (Wildman–Crippen MR) is 279 cm³/mol. The van der Waals surface area contributed by atoms with E-state index in [2.05, 4.69) is 87.6 Å². The zero-order chi connectivity index (χ0) is 47.2. The highest BCUT2D eigenvalue weighted by Gasteiger charge is 2.19. The molecule has 6 nitrogen and oxygen atoms in total. The summed E-state index contributed by atoms with van der Waals surface area (Å²) < 4.78 is 16.8. The van der Waals surface area contributed by atoms with Gasteiger partial charge < -0.3 is 14.2 Å². The molecule has 368 valence electrons. The predicted octanol–water partition coefficient (Wildman–Crippen LogP) is 17.5. The molecule has 0 heterocycles. The van der Waals surface area contributed by atoms with E-state index in [4.69, 9.17) is 14.2 Å². The number of allylic oxidation sites excluding steroid dienone is 18. The van der Waals surface area contributed by atoms with Crippen LogP contribution in [0.5, 0.6) is 0 Å². The van der Waals surface area contributed by atoms with Crippen molar-refractivity contribution >= 4 is 17.9 Å². The highest BCUT2D eigenvalue weighted by atomic mass is 16.6. The summed E-state index contributed by atoms with van der Waals surface area (Å²) in [5.41, 5.74) is 0. The fourth-order valence-electron chi connectivity index (χ4n) is 7.01. The standard InChI is InChI=1S/C59H96O6/c1-4-7-10-13-16-19-22-25-28-29-30-32-34-37-40-43-46-49-52-58(61)64-55-56(54-63-57(60)51-48-45-42-39-36-33-27-24-21-18-15-12-9-6-3)65-59(62)53-50-47-44-41-38-35-31-26-23-20-17-14-11-8-5-2/h8,10-11,13-14,16-17,19-20,22-23,25-26,28-32,56H,4-7,9,12,15,18,21,24,27,33-55H2,1-3H3/b11-8-,13-10-,17-14-,19-16-,23-20-,25-22-,29-28-,31-26-,32-30-.